The molecule has 4 heteroatoms. The Morgan fingerprint density at radius 1 is 1.47 bits per heavy atom. The van der Waals surface area contributed by atoms with Crippen LogP contribution in [0.4, 0.5) is 0 Å². The van der Waals surface area contributed by atoms with Crippen molar-refractivity contribution < 1.29 is 4.79 Å². The summed E-state index contributed by atoms with van der Waals surface area (Å²) in [5, 5.41) is 4.08. The van der Waals surface area contributed by atoms with E-state index in [-0.39, 0.29) is 5.41 Å². The maximum absolute atomic E-state index is 12.9. The number of nitrogens with zero attached hydrogens (tertiary/aromatic N) is 1. The van der Waals surface area contributed by atoms with Crippen molar-refractivity contribution in [2.45, 2.75) is 45.3 Å². The molecule has 0 aromatic heterocycles. The summed E-state index contributed by atoms with van der Waals surface area (Å²) in [4.78, 5) is 15.0. The number of thioether (sulfide) groups is 1. The van der Waals surface area contributed by atoms with E-state index in [9.17, 15) is 4.79 Å². The fraction of sp³-hybridized carbons (Fsp3) is 0.933. The summed E-state index contributed by atoms with van der Waals surface area (Å²) >= 11 is 2.02. The predicted molar refractivity (Wildman–Crippen MR) is 82.5 cm³/mol. The van der Waals surface area contributed by atoms with Gasteiger partial charge in [0.05, 0.1) is 0 Å². The van der Waals surface area contributed by atoms with Crippen LogP contribution in [-0.4, -0.2) is 48.0 Å². The van der Waals surface area contributed by atoms with E-state index in [2.05, 4.69) is 31.0 Å². The highest BCUT2D eigenvalue weighted by Crippen LogP contribution is 2.35. The summed E-state index contributed by atoms with van der Waals surface area (Å²) in [6, 6.07) is 0. The summed E-state index contributed by atoms with van der Waals surface area (Å²) in [5.74, 6) is 1.96. The number of amides is 1. The highest BCUT2D eigenvalue weighted by atomic mass is 32.2. The van der Waals surface area contributed by atoms with Gasteiger partial charge < -0.3 is 10.2 Å². The topological polar surface area (TPSA) is 32.3 Å². The first-order chi connectivity index (χ1) is 9.05. The van der Waals surface area contributed by atoms with Crippen LogP contribution in [0.2, 0.25) is 0 Å². The number of hydrogen-bond donors (Lipinski definition) is 1. The number of carbonyl (C=O) groups excluding carboxylic acids is 1. The second-order valence-corrected chi connectivity index (χ2v) is 7.83. The van der Waals surface area contributed by atoms with Gasteiger partial charge in [-0.15, -0.1) is 0 Å². The summed E-state index contributed by atoms with van der Waals surface area (Å²) in [7, 11) is 0. The van der Waals surface area contributed by atoms with E-state index in [1.165, 1.54) is 19.3 Å². The Bertz CT molecular complexity index is 313. The number of hydrogen-bond acceptors (Lipinski definition) is 3. The molecule has 2 rings (SSSR count). The lowest BCUT2D eigenvalue weighted by molar-refractivity contribution is -0.143. The number of carbonyl (C=O) groups is 1. The Hall–Kier alpha value is -0.220. The lowest BCUT2D eigenvalue weighted by atomic mass is 9.74. The van der Waals surface area contributed by atoms with Crippen molar-refractivity contribution in [2.75, 3.05) is 31.9 Å². The van der Waals surface area contributed by atoms with Crippen molar-refractivity contribution in [2.24, 2.45) is 11.3 Å². The van der Waals surface area contributed by atoms with Crippen LogP contribution in [0.25, 0.3) is 0 Å². The standard InChI is InChI=1S/C15H28N2OS/c1-4-13-11-17(8-9-19-13)14(18)15(2,3)12-6-5-7-16-10-12/h12-13,16H,4-11H2,1-3H3. The maximum atomic E-state index is 12.9. The number of nitrogens with one attached hydrogen (secondary N) is 1. The van der Waals surface area contributed by atoms with Crippen LogP contribution in [0.15, 0.2) is 0 Å². The van der Waals surface area contributed by atoms with Gasteiger partial charge in [0.1, 0.15) is 0 Å². The molecule has 2 unspecified atom stereocenters. The minimum Gasteiger partial charge on any atom is -0.340 e. The molecule has 0 aromatic carbocycles. The van der Waals surface area contributed by atoms with Gasteiger partial charge in [0.25, 0.3) is 0 Å². The average molecular weight is 284 g/mol. The third kappa shape index (κ3) is 3.46. The van der Waals surface area contributed by atoms with E-state index in [1.54, 1.807) is 0 Å². The molecule has 3 nitrogen and oxygen atoms in total. The Kier molecular flexibility index (Phi) is 5.18. The van der Waals surface area contributed by atoms with Gasteiger partial charge in [-0.1, -0.05) is 20.8 Å². The van der Waals surface area contributed by atoms with Gasteiger partial charge in [0.15, 0.2) is 0 Å². The monoisotopic (exact) mass is 284 g/mol. The first-order valence-corrected chi connectivity index (χ1v) is 8.72. The maximum Gasteiger partial charge on any atom is 0.228 e. The molecule has 110 valence electrons. The van der Waals surface area contributed by atoms with Crippen molar-refractivity contribution in [3.63, 3.8) is 0 Å². The molecular formula is C15H28N2OS. The largest absolute Gasteiger partial charge is 0.340 e. The van der Waals surface area contributed by atoms with E-state index in [4.69, 9.17) is 0 Å². The summed E-state index contributed by atoms with van der Waals surface area (Å²) in [6.07, 6.45) is 3.56. The van der Waals surface area contributed by atoms with Crippen LogP contribution in [0.5, 0.6) is 0 Å². The molecule has 2 fully saturated rings. The van der Waals surface area contributed by atoms with Gasteiger partial charge in [-0.25, -0.2) is 0 Å². The zero-order valence-electron chi connectivity index (χ0n) is 12.6. The van der Waals surface area contributed by atoms with E-state index < -0.39 is 0 Å². The molecule has 0 bridgehead atoms. The molecule has 0 saturated carbocycles. The molecule has 1 amide bonds. The van der Waals surface area contributed by atoms with Crippen molar-refractivity contribution in [3.05, 3.63) is 0 Å². The van der Waals surface area contributed by atoms with Crippen LogP contribution in [-0.2, 0) is 4.79 Å². The molecule has 0 radical (unpaired) electrons. The predicted octanol–water partition coefficient (Wildman–Crippen LogP) is 2.37. The van der Waals surface area contributed by atoms with E-state index in [1.807, 2.05) is 11.8 Å². The molecule has 2 heterocycles. The lowest BCUT2D eigenvalue weighted by Gasteiger charge is -2.42. The lowest BCUT2D eigenvalue weighted by Crippen LogP contribution is -2.52. The molecule has 0 spiro atoms. The SMILES string of the molecule is CCC1CN(C(=O)C(C)(C)C2CCCNC2)CCS1. The fourth-order valence-electron chi connectivity index (χ4n) is 3.20. The summed E-state index contributed by atoms with van der Waals surface area (Å²) < 4.78 is 0. The van der Waals surface area contributed by atoms with Crippen LogP contribution < -0.4 is 5.32 Å². The molecule has 2 aliphatic heterocycles. The molecule has 2 atom stereocenters. The Morgan fingerprint density at radius 3 is 2.89 bits per heavy atom. The molecule has 0 aromatic rings. The fourth-order valence-corrected chi connectivity index (χ4v) is 4.38. The second kappa shape index (κ2) is 6.49. The second-order valence-electron chi connectivity index (χ2n) is 6.42. The van der Waals surface area contributed by atoms with Crippen molar-refractivity contribution >= 4 is 17.7 Å². The van der Waals surface area contributed by atoms with Crippen LogP contribution in [0, 0.1) is 11.3 Å². The zero-order chi connectivity index (χ0) is 13.9. The van der Waals surface area contributed by atoms with Gasteiger partial charge >= 0.3 is 0 Å². The minimum absolute atomic E-state index is 0.215. The quantitative estimate of drug-likeness (QED) is 0.863. The van der Waals surface area contributed by atoms with Crippen LogP contribution >= 0.6 is 11.8 Å². The van der Waals surface area contributed by atoms with Gasteiger partial charge in [-0.3, -0.25) is 4.79 Å². The highest BCUT2D eigenvalue weighted by Gasteiger charge is 2.40. The first-order valence-electron chi connectivity index (χ1n) is 7.67. The van der Waals surface area contributed by atoms with Crippen molar-refractivity contribution in [1.82, 2.24) is 10.2 Å². The van der Waals surface area contributed by atoms with Crippen LogP contribution in [0.1, 0.15) is 40.0 Å². The third-order valence-electron chi connectivity index (χ3n) is 4.75. The zero-order valence-corrected chi connectivity index (χ0v) is 13.4. The third-order valence-corrected chi connectivity index (χ3v) is 6.12. The van der Waals surface area contributed by atoms with Gasteiger partial charge in [0.2, 0.25) is 5.91 Å². The number of piperidine rings is 1. The molecule has 2 saturated heterocycles. The van der Waals surface area contributed by atoms with E-state index in [0.29, 0.717) is 17.1 Å². The normalized spacial score (nSPS) is 29.3. The van der Waals surface area contributed by atoms with Gasteiger partial charge in [-0.05, 0) is 38.3 Å². The highest BCUT2D eigenvalue weighted by molar-refractivity contribution is 8.00. The Labute approximate surface area is 121 Å². The Morgan fingerprint density at radius 2 is 2.26 bits per heavy atom. The number of rotatable bonds is 3. The molecule has 19 heavy (non-hydrogen) atoms. The molecule has 2 aliphatic rings. The van der Waals surface area contributed by atoms with Gasteiger partial charge in [0, 0.05) is 29.5 Å². The molecule has 1 N–H and O–H groups in total. The molecular weight excluding hydrogens is 256 g/mol. The van der Waals surface area contributed by atoms with Crippen LogP contribution in [0.3, 0.4) is 0 Å². The Balaban J connectivity index is 2.00. The van der Waals surface area contributed by atoms with E-state index in [0.717, 1.165) is 31.9 Å². The summed E-state index contributed by atoms with van der Waals surface area (Å²) in [6.45, 7) is 10.5. The minimum atomic E-state index is -0.215. The van der Waals surface area contributed by atoms with Gasteiger partial charge in [-0.2, -0.15) is 11.8 Å². The van der Waals surface area contributed by atoms with Crippen molar-refractivity contribution in [3.8, 4) is 0 Å². The summed E-state index contributed by atoms with van der Waals surface area (Å²) in [5.41, 5.74) is -0.215. The average Bonchev–Trinajstić information content (AvgIpc) is 2.47. The first kappa shape index (κ1) is 15.2. The molecule has 0 aliphatic carbocycles. The smallest absolute Gasteiger partial charge is 0.228 e. The van der Waals surface area contributed by atoms with Crippen molar-refractivity contribution in [1.29, 1.82) is 0 Å². The van der Waals surface area contributed by atoms with E-state index >= 15 is 0 Å².